The number of rotatable bonds is 5. The molecular formula is C17H20N3O4S+. The first-order valence-electron chi connectivity index (χ1n) is 8.05. The Balaban J connectivity index is 1.68. The van der Waals surface area contributed by atoms with E-state index in [1.165, 1.54) is 35.8 Å². The average Bonchev–Trinajstić information content (AvgIpc) is 3.14. The van der Waals surface area contributed by atoms with Gasteiger partial charge in [-0.25, -0.2) is 0 Å². The van der Waals surface area contributed by atoms with Crippen LogP contribution in [0.1, 0.15) is 15.9 Å². The number of piperazine rings is 1. The summed E-state index contributed by atoms with van der Waals surface area (Å²) in [6, 6.07) is 6.25. The van der Waals surface area contributed by atoms with Crippen LogP contribution in [0.3, 0.4) is 0 Å². The summed E-state index contributed by atoms with van der Waals surface area (Å²) in [7, 11) is 1.46. The van der Waals surface area contributed by atoms with Gasteiger partial charge >= 0.3 is 0 Å². The van der Waals surface area contributed by atoms with Crippen molar-refractivity contribution in [1.82, 2.24) is 4.90 Å². The quantitative estimate of drug-likeness (QED) is 0.641. The Bertz CT molecular complexity index is 755. The van der Waals surface area contributed by atoms with Crippen LogP contribution in [-0.2, 0) is 6.54 Å². The van der Waals surface area contributed by atoms with E-state index in [2.05, 4.69) is 16.8 Å². The number of benzene rings is 1. The zero-order valence-corrected chi connectivity index (χ0v) is 14.8. The highest BCUT2D eigenvalue weighted by Crippen LogP contribution is 2.25. The van der Waals surface area contributed by atoms with Crippen molar-refractivity contribution in [3.05, 3.63) is 56.3 Å². The number of nitrogens with zero attached hydrogens (tertiary/aromatic N) is 2. The van der Waals surface area contributed by atoms with E-state index in [1.54, 1.807) is 16.2 Å². The maximum atomic E-state index is 12.8. The van der Waals surface area contributed by atoms with E-state index in [-0.39, 0.29) is 17.2 Å². The Labute approximate surface area is 149 Å². The highest BCUT2D eigenvalue weighted by atomic mass is 32.1. The molecule has 0 saturated carbocycles. The molecule has 3 rings (SSSR count). The van der Waals surface area contributed by atoms with Gasteiger partial charge in [0.05, 0.1) is 43.8 Å². The van der Waals surface area contributed by atoms with Gasteiger partial charge in [0.1, 0.15) is 12.3 Å². The molecule has 1 aromatic heterocycles. The van der Waals surface area contributed by atoms with Gasteiger partial charge in [0, 0.05) is 17.7 Å². The average molecular weight is 362 g/mol. The first-order valence-corrected chi connectivity index (χ1v) is 8.99. The molecule has 132 valence electrons. The van der Waals surface area contributed by atoms with Gasteiger partial charge < -0.3 is 14.5 Å². The number of carbonyl (C=O) groups is 1. The highest BCUT2D eigenvalue weighted by molar-refractivity contribution is 7.07. The van der Waals surface area contributed by atoms with Crippen molar-refractivity contribution < 1.29 is 19.4 Å². The zero-order chi connectivity index (χ0) is 17.8. The third-order valence-electron chi connectivity index (χ3n) is 4.42. The molecule has 0 aliphatic carbocycles. The second-order valence-corrected chi connectivity index (χ2v) is 6.77. The van der Waals surface area contributed by atoms with Gasteiger partial charge in [-0.1, -0.05) is 0 Å². The number of hydrogen-bond acceptors (Lipinski definition) is 5. The van der Waals surface area contributed by atoms with Gasteiger partial charge in [0.15, 0.2) is 0 Å². The van der Waals surface area contributed by atoms with E-state index in [0.29, 0.717) is 18.8 Å². The van der Waals surface area contributed by atoms with Crippen molar-refractivity contribution in [2.45, 2.75) is 6.54 Å². The van der Waals surface area contributed by atoms with Gasteiger partial charge in [-0.2, -0.15) is 11.3 Å². The molecule has 1 aliphatic rings. The summed E-state index contributed by atoms with van der Waals surface area (Å²) in [4.78, 5) is 26.5. The van der Waals surface area contributed by atoms with Crippen LogP contribution in [0.5, 0.6) is 5.75 Å². The molecule has 7 nitrogen and oxygen atoms in total. The number of amides is 1. The lowest BCUT2D eigenvalue weighted by molar-refractivity contribution is -0.917. The molecule has 8 heteroatoms. The summed E-state index contributed by atoms with van der Waals surface area (Å²) < 4.78 is 5.21. The summed E-state index contributed by atoms with van der Waals surface area (Å²) in [5.41, 5.74) is 1.46. The number of non-ortho nitro benzene ring substituents is 1. The Morgan fingerprint density at radius 1 is 1.36 bits per heavy atom. The number of nitro benzene ring substituents is 1. The van der Waals surface area contributed by atoms with Crippen LogP contribution < -0.4 is 9.64 Å². The Kier molecular flexibility index (Phi) is 5.30. The third kappa shape index (κ3) is 3.97. The maximum Gasteiger partial charge on any atom is 0.270 e. The lowest BCUT2D eigenvalue weighted by Gasteiger charge is -2.32. The van der Waals surface area contributed by atoms with Crippen molar-refractivity contribution in [3.8, 4) is 5.75 Å². The first kappa shape index (κ1) is 17.4. The molecule has 1 N–H and O–H groups in total. The van der Waals surface area contributed by atoms with Gasteiger partial charge in [0.2, 0.25) is 0 Å². The number of ether oxygens (including phenoxy) is 1. The molecule has 0 atom stereocenters. The fourth-order valence-corrected chi connectivity index (χ4v) is 3.70. The number of carbonyl (C=O) groups excluding carboxylic acids is 1. The molecule has 1 aliphatic heterocycles. The number of hydrogen-bond donors (Lipinski definition) is 1. The summed E-state index contributed by atoms with van der Waals surface area (Å²) >= 11 is 1.69. The van der Waals surface area contributed by atoms with Crippen molar-refractivity contribution in [2.75, 3.05) is 33.3 Å². The topological polar surface area (TPSA) is 77.1 Å². The smallest absolute Gasteiger partial charge is 0.270 e. The molecule has 1 fully saturated rings. The third-order valence-corrected chi connectivity index (χ3v) is 5.15. The van der Waals surface area contributed by atoms with E-state index >= 15 is 0 Å². The molecule has 2 aromatic rings. The molecule has 25 heavy (non-hydrogen) atoms. The Morgan fingerprint density at radius 3 is 2.72 bits per heavy atom. The van der Waals surface area contributed by atoms with Gasteiger partial charge in [-0.05, 0) is 22.9 Å². The fourth-order valence-electron chi connectivity index (χ4n) is 3.03. The van der Waals surface area contributed by atoms with E-state index in [4.69, 9.17) is 4.74 Å². The van der Waals surface area contributed by atoms with Crippen molar-refractivity contribution in [1.29, 1.82) is 0 Å². The van der Waals surface area contributed by atoms with Crippen LogP contribution in [0.25, 0.3) is 0 Å². The molecule has 1 aromatic carbocycles. The van der Waals surface area contributed by atoms with E-state index in [1.807, 2.05) is 0 Å². The summed E-state index contributed by atoms with van der Waals surface area (Å²) in [5.74, 6) is 0.152. The molecule has 1 saturated heterocycles. The molecule has 2 heterocycles. The van der Waals surface area contributed by atoms with Gasteiger partial charge in [0.25, 0.3) is 11.6 Å². The molecule has 1 amide bonds. The Hall–Kier alpha value is -2.45. The van der Waals surface area contributed by atoms with Crippen LogP contribution in [0, 0.1) is 10.1 Å². The minimum absolute atomic E-state index is 0.106. The molecular weight excluding hydrogens is 342 g/mol. The minimum atomic E-state index is -0.501. The van der Waals surface area contributed by atoms with E-state index < -0.39 is 4.92 Å². The predicted octanol–water partition coefficient (Wildman–Crippen LogP) is 1.21. The second kappa shape index (κ2) is 7.62. The van der Waals surface area contributed by atoms with Crippen LogP contribution >= 0.6 is 11.3 Å². The standard InChI is InChI=1S/C17H19N3O4S/c1-24-16-3-2-14(20(22)23)10-15(16)17(21)19-7-5-18(6-8-19)11-13-4-9-25-12-13/h2-4,9-10,12H,5-8,11H2,1H3/p+1. The number of quaternary nitrogens is 1. The maximum absolute atomic E-state index is 12.8. The SMILES string of the molecule is COc1ccc([N+](=O)[O-])cc1C(=O)N1CC[NH+](Cc2ccsc2)CC1. The van der Waals surface area contributed by atoms with Crippen molar-refractivity contribution >= 4 is 22.9 Å². The number of nitrogens with one attached hydrogen (secondary N) is 1. The first-order chi connectivity index (χ1) is 12.1. The zero-order valence-electron chi connectivity index (χ0n) is 13.9. The summed E-state index contributed by atoms with van der Waals surface area (Å²) in [6.07, 6.45) is 0. The summed E-state index contributed by atoms with van der Waals surface area (Å²) in [5, 5.41) is 15.2. The predicted molar refractivity (Wildman–Crippen MR) is 94.3 cm³/mol. The van der Waals surface area contributed by atoms with Crippen LogP contribution in [0.4, 0.5) is 5.69 Å². The molecule has 0 bridgehead atoms. The highest BCUT2D eigenvalue weighted by Gasteiger charge is 2.27. The minimum Gasteiger partial charge on any atom is -0.496 e. The van der Waals surface area contributed by atoms with Crippen LogP contribution in [0.2, 0.25) is 0 Å². The number of nitro groups is 1. The second-order valence-electron chi connectivity index (χ2n) is 5.99. The van der Waals surface area contributed by atoms with Crippen LogP contribution in [0.15, 0.2) is 35.0 Å². The fraction of sp³-hybridized carbons (Fsp3) is 0.353. The number of thiophene rings is 1. The molecule has 0 spiro atoms. The molecule has 0 unspecified atom stereocenters. The normalized spacial score (nSPS) is 15.2. The van der Waals surface area contributed by atoms with E-state index in [0.717, 1.165) is 19.6 Å². The number of methoxy groups -OCH3 is 1. The van der Waals surface area contributed by atoms with Gasteiger partial charge in [-0.15, -0.1) is 0 Å². The van der Waals surface area contributed by atoms with Gasteiger partial charge in [-0.3, -0.25) is 14.9 Å². The monoisotopic (exact) mass is 362 g/mol. The van der Waals surface area contributed by atoms with Crippen molar-refractivity contribution in [3.63, 3.8) is 0 Å². The molecule has 0 radical (unpaired) electrons. The van der Waals surface area contributed by atoms with Crippen molar-refractivity contribution in [2.24, 2.45) is 0 Å². The Morgan fingerprint density at radius 2 is 2.12 bits per heavy atom. The summed E-state index contributed by atoms with van der Waals surface area (Å²) in [6.45, 7) is 3.94. The lowest BCUT2D eigenvalue weighted by Crippen LogP contribution is -3.13. The van der Waals surface area contributed by atoms with E-state index in [9.17, 15) is 14.9 Å². The lowest BCUT2D eigenvalue weighted by atomic mass is 10.1. The van der Waals surface area contributed by atoms with Crippen LogP contribution in [-0.4, -0.2) is 49.0 Å². The largest absolute Gasteiger partial charge is 0.496 e.